The molecule has 0 atom stereocenters. The molecule has 121 valence electrons. The minimum atomic E-state index is 0.836. The van der Waals surface area contributed by atoms with Crippen LogP contribution in [-0.2, 0) is 6.42 Å². The molecule has 4 nitrogen and oxygen atoms in total. The average Bonchev–Trinajstić information content (AvgIpc) is 3.40. The van der Waals surface area contributed by atoms with Crippen LogP contribution in [0.15, 0.2) is 66.9 Å². The number of hydrogen-bond acceptors (Lipinski definition) is 4. The molecular weight excluding hydrogens is 307 g/mol. The van der Waals surface area contributed by atoms with Crippen molar-refractivity contribution in [2.75, 3.05) is 9.62 Å². The standard InChI is InChI=1S/C20H18BN4/c1-2-8-18-17(7-1)24(19-9-3-4-13-22-19)21-25(18)20-10-5-6-16(23-20)14-15-11-12-15/h1-10,13,15H,11-12,14H2. The minimum Gasteiger partial charge on any atom is -0.351 e. The molecule has 2 aromatic heterocycles. The van der Waals surface area contributed by atoms with Gasteiger partial charge in [-0.15, -0.1) is 0 Å². The third-order valence-electron chi connectivity index (χ3n) is 4.76. The molecule has 3 heterocycles. The van der Waals surface area contributed by atoms with Gasteiger partial charge in [0.25, 0.3) is 0 Å². The lowest BCUT2D eigenvalue weighted by atomic mass is 10.1. The molecule has 1 radical (unpaired) electrons. The van der Waals surface area contributed by atoms with Crippen molar-refractivity contribution in [3.63, 3.8) is 0 Å². The Bertz CT molecular complexity index is 895. The molecule has 5 rings (SSSR count). The molecule has 0 N–H and O–H groups in total. The Morgan fingerprint density at radius 2 is 1.56 bits per heavy atom. The summed E-state index contributed by atoms with van der Waals surface area (Å²) >= 11 is 0. The number of rotatable bonds is 4. The van der Waals surface area contributed by atoms with Crippen molar-refractivity contribution in [1.29, 1.82) is 0 Å². The van der Waals surface area contributed by atoms with E-state index in [4.69, 9.17) is 4.98 Å². The van der Waals surface area contributed by atoms with E-state index in [1.54, 1.807) is 0 Å². The van der Waals surface area contributed by atoms with Crippen LogP contribution in [0, 0.1) is 5.92 Å². The van der Waals surface area contributed by atoms with Crippen molar-refractivity contribution in [2.24, 2.45) is 5.92 Å². The van der Waals surface area contributed by atoms with Gasteiger partial charge in [0, 0.05) is 11.9 Å². The number of fused-ring (bicyclic) bond motifs is 1. The number of anilines is 4. The molecule has 5 heteroatoms. The van der Waals surface area contributed by atoms with Crippen LogP contribution in [0.3, 0.4) is 0 Å². The Kier molecular flexibility index (Phi) is 3.44. The van der Waals surface area contributed by atoms with Gasteiger partial charge in [-0.3, -0.25) is 0 Å². The zero-order chi connectivity index (χ0) is 16.6. The highest BCUT2D eigenvalue weighted by Crippen LogP contribution is 2.41. The fourth-order valence-electron chi connectivity index (χ4n) is 3.31. The molecule has 0 saturated heterocycles. The summed E-state index contributed by atoms with van der Waals surface area (Å²) in [5, 5.41) is 0. The summed E-state index contributed by atoms with van der Waals surface area (Å²) < 4.78 is 0. The van der Waals surface area contributed by atoms with Crippen molar-refractivity contribution in [2.45, 2.75) is 19.3 Å². The summed E-state index contributed by atoms with van der Waals surface area (Å²) in [6.45, 7) is 0. The molecule has 3 aromatic rings. The Labute approximate surface area is 148 Å². The van der Waals surface area contributed by atoms with Gasteiger partial charge in [0.2, 0.25) is 0 Å². The van der Waals surface area contributed by atoms with Gasteiger partial charge < -0.3 is 9.62 Å². The second-order valence-electron chi connectivity index (χ2n) is 6.67. The van der Waals surface area contributed by atoms with Gasteiger partial charge in [-0.05, 0) is 61.6 Å². The highest BCUT2D eigenvalue weighted by atomic mass is 15.3. The number of aromatic nitrogens is 2. The molecular formula is C20H18BN4. The molecule has 0 spiro atoms. The SMILES string of the molecule is [B]1N(c2ccccn2)c2ccccc2N1c1cccc(CC2CC2)n1. The monoisotopic (exact) mass is 325 g/mol. The van der Waals surface area contributed by atoms with E-state index in [0.717, 1.165) is 35.3 Å². The average molecular weight is 325 g/mol. The van der Waals surface area contributed by atoms with Gasteiger partial charge in [-0.25, -0.2) is 9.97 Å². The summed E-state index contributed by atoms with van der Waals surface area (Å²) in [6.07, 6.45) is 5.60. The first kappa shape index (κ1) is 14.5. The number of para-hydroxylation sites is 2. The molecule has 0 amide bonds. The van der Waals surface area contributed by atoms with Crippen molar-refractivity contribution in [1.82, 2.24) is 9.97 Å². The van der Waals surface area contributed by atoms with E-state index >= 15 is 0 Å². The van der Waals surface area contributed by atoms with Gasteiger partial charge in [0.1, 0.15) is 11.6 Å². The Balaban J connectivity index is 1.52. The Morgan fingerprint density at radius 3 is 2.28 bits per heavy atom. The first-order valence-electron chi connectivity index (χ1n) is 8.78. The maximum atomic E-state index is 4.91. The largest absolute Gasteiger partial charge is 0.403 e. The predicted octanol–water partition coefficient (Wildman–Crippen LogP) is 4.25. The fraction of sp³-hybridized carbons (Fsp3) is 0.200. The van der Waals surface area contributed by atoms with Crippen LogP contribution >= 0.6 is 0 Å². The smallest absolute Gasteiger partial charge is 0.351 e. The van der Waals surface area contributed by atoms with E-state index in [2.05, 4.69) is 64.6 Å². The van der Waals surface area contributed by atoms with Crippen molar-refractivity contribution >= 4 is 30.6 Å². The third kappa shape index (κ3) is 2.76. The van der Waals surface area contributed by atoms with E-state index in [1.165, 1.54) is 18.5 Å². The van der Waals surface area contributed by atoms with Gasteiger partial charge in [0.15, 0.2) is 0 Å². The van der Waals surface area contributed by atoms with Gasteiger partial charge in [-0.1, -0.05) is 24.3 Å². The van der Waals surface area contributed by atoms with Crippen LogP contribution < -0.4 is 9.62 Å². The zero-order valence-electron chi connectivity index (χ0n) is 13.9. The van der Waals surface area contributed by atoms with Crippen LogP contribution in [0.5, 0.6) is 0 Å². The lowest BCUT2D eigenvalue weighted by Crippen LogP contribution is -2.29. The fourth-order valence-corrected chi connectivity index (χ4v) is 3.31. The van der Waals surface area contributed by atoms with Crippen LogP contribution in [-0.4, -0.2) is 17.5 Å². The summed E-state index contributed by atoms with van der Waals surface area (Å²) in [6, 6.07) is 20.7. The summed E-state index contributed by atoms with van der Waals surface area (Å²) in [5.41, 5.74) is 3.43. The first-order chi connectivity index (χ1) is 12.4. The summed E-state index contributed by atoms with van der Waals surface area (Å²) in [5.74, 6) is 2.71. The van der Waals surface area contributed by atoms with E-state index in [9.17, 15) is 0 Å². The molecule has 1 aliphatic heterocycles. The molecule has 1 aliphatic carbocycles. The van der Waals surface area contributed by atoms with Gasteiger partial charge >= 0.3 is 7.55 Å². The number of benzene rings is 1. The molecule has 0 unspecified atom stereocenters. The summed E-state index contributed by atoms with van der Waals surface area (Å²) in [4.78, 5) is 13.7. The highest BCUT2D eigenvalue weighted by Gasteiger charge is 2.31. The molecule has 1 fully saturated rings. The topological polar surface area (TPSA) is 32.3 Å². The first-order valence-corrected chi connectivity index (χ1v) is 8.78. The number of nitrogens with zero attached hydrogens (tertiary/aromatic N) is 4. The second kappa shape index (κ2) is 5.92. The molecule has 1 aromatic carbocycles. The predicted molar refractivity (Wildman–Crippen MR) is 101 cm³/mol. The molecule has 0 bridgehead atoms. The normalized spacial score (nSPS) is 15.8. The van der Waals surface area contributed by atoms with E-state index in [0.29, 0.717) is 0 Å². The maximum absolute atomic E-state index is 4.91. The lowest BCUT2D eigenvalue weighted by molar-refractivity contribution is 0.804. The third-order valence-corrected chi connectivity index (χ3v) is 4.76. The van der Waals surface area contributed by atoms with Gasteiger partial charge in [-0.2, -0.15) is 0 Å². The molecule has 25 heavy (non-hydrogen) atoms. The molecule has 1 saturated carbocycles. The Morgan fingerprint density at radius 1 is 0.840 bits per heavy atom. The maximum Gasteiger partial charge on any atom is 0.403 e. The highest BCUT2D eigenvalue weighted by molar-refractivity contribution is 6.54. The quantitative estimate of drug-likeness (QED) is 0.671. The van der Waals surface area contributed by atoms with Gasteiger partial charge in [0.05, 0.1) is 11.4 Å². The number of hydrogen-bond donors (Lipinski definition) is 0. The van der Waals surface area contributed by atoms with E-state index in [1.807, 2.05) is 24.4 Å². The Hall–Kier alpha value is -2.82. The van der Waals surface area contributed by atoms with E-state index in [-0.39, 0.29) is 0 Å². The minimum absolute atomic E-state index is 0.836. The summed E-state index contributed by atoms with van der Waals surface area (Å²) in [7, 11) is 2.08. The van der Waals surface area contributed by atoms with E-state index < -0.39 is 0 Å². The van der Waals surface area contributed by atoms with Crippen molar-refractivity contribution in [3.8, 4) is 0 Å². The van der Waals surface area contributed by atoms with Crippen LogP contribution in [0.1, 0.15) is 18.5 Å². The second-order valence-corrected chi connectivity index (χ2v) is 6.67. The van der Waals surface area contributed by atoms with Crippen LogP contribution in [0.25, 0.3) is 0 Å². The lowest BCUT2D eigenvalue weighted by Gasteiger charge is -2.19. The van der Waals surface area contributed by atoms with Crippen molar-refractivity contribution in [3.05, 3.63) is 72.6 Å². The van der Waals surface area contributed by atoms with Crippen LogP contribution in [0.4, 0.5) is 23.0 Å². The zero-order valence-corrected chi connectivity index (χ0v) is 13.9. The number of pyridine rings is 2. The van der Waals surface area contributed by atoms with Crippen LogP contribution in [0.2, 0.25) is 0 Å². The van der Waals surface area contributed by atoms with Crippen molar-refractivity contribution < 1.29 is 0 Å². The molecule has 2 aliphatic rings.